The number of benzene rings is 1. The lowest BCUT2D eigenvalue weighted by Gasteiger charge is -2.06. The van der Waals surface area contributed by atoms with E-state index in [1.807, 2.05) is 0 Å². The normalized spacial score (nSPS) is 10.9. The van der Waals surface area contributed by atoms with Crippen molar-refractivity contribution in [2.24, 2.45) is 0 Å². The van der Waals surface area contributed by atoms with Crippen LogP contribution >= 0.6 is 11.6 Å². The summed E-state index contributed by atoms with van der Waals surface area (Å²) in [5.74, 6) is -0.861. The van der Waals surface area contributed by atoms with Gasteiger partial charge in [0.25, 0.3) is 6.43 Å². The molecule has 0 atom stereocenters. The van der Waals surface area contributed by atoms with Crippen molar-refractivity contribution in [2.75, 3.05) is 13.2 Å². The van der Waals surface area contributed by atoms with Crippen LogP contribution in [0.1, 0.15) is 12.0 Å². The van der Waals surface area contributed by atoms with Gasteiger partial charge in [-0.2, -0.15) is 0 Å². The number of ether oxygens (including phenoxy) is 1. The van der Waals surface area contributed by atoms with E-state index >= 15 is 0 Å². The van der Waals surface area contributed by atoms with Gasteiger partial charge in [0.1, 0.15) is 18.2 Å². The van der Waals surface area contributed by atoms with Crippen LogP contribution in [-0.2, 0) is 16.0 Å². The van der Waals surface area contributed by atoms with Gasteiger partial charge in [0, 0.05) is 23.4 Å². The van der Waals surface area contributed by atoms with Gasteiger partial charge in [-0.3, -0.25) is 4.79 Å². The molecular formula is C12H12ClF3O2. The van der Waals surface area contributed by atoms with Gasteiger partial charge in [0.2, 0.25) is 0 Å². The Morgan fingerprint density at radius 2 is 2.11 bits per heavy atom. The highest BCUT2D eigenvalue weighted by atomic mass is 35.5. The molecule has 0 fully saturated rings. The minimum absolute atomic E-state index is 0.0443. The number of hydrogen-bond donors (Lipinski definition) is 0. The van der Waals surface area contributed by atoms with Gasteiger partial charge < -0.3 is 4.74 Å². The molecule has 18 heavy (non-hydrogen) atoms. The molecule has 0 radical (unpaired) electrons. The minimum Gasteiger partial charge on any atom is -0.375 e. The third-order valence-corrected chi connectivity index (χ3v) is 2.56. The molecule has 0 aliphatic carbocycles. The first-order chi connectivity index (χ1) is 8.50. The summed E-state index contributed by atoms with van der Waals surface area (Å²) in [4.78, 5) is 11.5. The van der Waals surface area contributed by atoms with Crippen LogP contribution in [0.25, 0.3) is 0 Å². The molecule has 0 aromatic heterocycles. The Kier molecular flexibility index (Phi) is 6.15. The quantitative estimate of drug-likeness (QED) is 0.717. The number of alkyl halides is 2. The lowest BCUT2D eigenvalue weighted by molar-refractivity contribution is -0.119. The first-order valence-electron chi connectivity index (χ1n) is 5.31. The van der Waals surface area contributed by atoms with Gasteiger partial charge in [0.15, 0.2) is 0 Å². The summed E-state index contributed by atoms with van der Waals surface area (Å²) in [6.45, 7) is -0.803. The van der Waals surface area contributed by atoms with Crippen molar-refractivity contribution < 1.29 is 22.7 Å². The van der Waals surface area contributed by atoms with E-state index < -0.39 is 18.8 Å². The van der Waals surface area contributed by atoms with Gasteiger partial charge in [-0.05, 0) is 12.1 Å². The van der Waals surface area contributed by atoms with E-state index in [0.29, 0.717) is 0 Å². The predicted molar refractivity (Wildman–Crippen MR) is 61.6 cm³/mol. The standard InChI is InChI=1S/C12H12ClF3O2/c13-10-2-1-3-11(14)9(10)6-8(17)4-5-18-7-12(15)16/h1-3,12H,4-7H2. The maximum absolute atomic E-state index is 13.3. The van der Waals surface area contributed by atoms with Crippen LogP contribution in [0.3, 0.4) is 0 Å². The summed E-state index contributed by atoms with van der Waals surface area (Å²) < 4.78 is 41.4. The number of carbonyl (C=O) groups excluding carboxylic acids is 1. The molecule has 0 amide bonds. The monoisotopic (exact) mass is 280 g/mol. The molecule has 1 aromatic carbocycles. The Morgan fingerprint density at radius 1 is 1.39 bits per heavy atom. The fourth-order valence-corrected chi connectivity index (χ4v) is 1.58. The highest BCUT2D eigenvalue weighted by Crippen LogP contribution is 2.19. The maximum Gasteiger partial charge on any atom is 0.261 e. The van der Waals surface area contributed by atoms with E-state index in [9.17, 15) is 18.0 Å². The third-order valence-electron chi connectivity index (χ3n) is 2.20. The molecule has 6 heteroatoms. The second kappa shape index (κ2) is 7.38. The van der Waals surface area contributed by atoms with Gasteiger partial charge >= 0.3 is 0 Å². The Hall–Kier alpha value is -1.07. The fraction of sp³-hybridized carbons (Fsp3) is 0.417. The van der Waals surface area contributed by atoms with E-state index in [1.54, 1.807) is 0 Å². The highest BCUT2D eigenvalue weighted by Gasteiger charge is 2.12. The molecule has 0 N–H and O–H groups in total. The lowest BCUT2D eigenvalue weighted by Crippen LogP contribution is -2.11. The molecule has 0 heterocycles. The number of hydrogen-bond acceptors (Lipinski definition) is 2. The molecule has 0 bridgehead atoms. The number of carbonyl (C=O) groups is 1. The molecule has 0 saturated heterocycles. The van der Waals surface area contributed by atoms with Crippen molar-refractivity contribution in [1.29, 1.82) is 0 Å². The minimum atomic E-state index is -2.55. The van der Waals surface area contributed by atoms with E-state index in [4.69, 9.17) is 11.6 Å². The Labute approximate surface area is 108 Å². The maximum atomic E-state index is 13.3. The smallest absolute Gasteiger partial charge is 0.261 e. The highest BCUT2D eigenvalue weighted by molar-refractivity contribution is 6.31. The zero-order valence-corrected chi connectivity index (χ0v) is 10.2. The molecule has 100 valence electrons. The molecule has 2 nitrogen and oxygen atoms in total. The molecule has 0 saturated carbocycles. The zero-order chi connectivity index (χ0) is 13.5. The number of Topliss-reactive ketones (excluding diaryl/α,β-unsaturated/α-hetero) is 1. The molecule has 0 spiro atoms. The van der Waals surface area contributed by atoms with E-state index in [0.717, 1.165) is 0 Å². The van der Waals surface area contributed by atoms with Crippen LogP contribution in [0.2, 0.25) is 5.02 Å². The predicted octanol–water partition coefficient (Wildman–Crippen LogP) is 3.26. The van der Waals surface area contributed by atoms with Crippen molar-refractivity contribution in [2.45, 2.75) is 19.3 Å². The summed E-state index contributed by atoms with van der Waals surface area (Å²) in [5.41, 5.74) is 0.123. The molecule has 0 aliphatic rings. The summed E-state index contributed by atoms with van der Waals surface area (Å²) in [7, 11) is 0. The van der Waals surface area contributed by atoms with Gasteiger partial charge in [0.05, 0.1) is 6.61 Å². The first kappa shape index (κ1) is 15.0. The van der Waals surface area contributed by atoms with Gasteiger partial charge in [-0.1, -0.05) is 17.7 Å². The Balaban J connectivity index is 2.40. The average molecular weight is 281 g/mol. The third kappa shape index (κ3) is 5.06. The van der Waals surface area contributed by atoms with Gasteiger partial charge in [-0.25, -0.2) is 13.2 Å². The first-order valence-corrected chi connectivity index (χ1v) is 5.69. The van der Waals surface area contributed by atoms with E-state index in [1.165, 1.54) is 18.2 Å². The summed E-state index contributed by atoms with van der Waals surface area (Å²) in [6, 6.07) is 4.14. The van der Waals surface area contributed by atoms with Crippen LogP contribution in [-0.4, -0.2) is 25.4 Å². The van der Waals surface area contributed by atoms with Crippen molar-refractivity contribution in [3.8, 4) is 0 Å². The number of halogens is 4. The topological polar surface area (TPSA) is 26.3 Å². The number of ketones is 1. The number of rotatable bonds is 7. The molecular weight excluding hydrogens is 269 g/mol. The van der Waals surface area contributed by atoms with Gasteiger partial charge in [-0.15, -0.1) is 0 Å². The second-order valence-corrected chi connectivity index (χ2v) is 4.04. The van der Waals surface area contributed by atoms with E-state index in [-0.39, 0.29) is 35.8 Å². The SMILES string of the molecule is O=C(CCOCC(F)F)Cc1c(F)cccc1Cl. The molecule has 1 rings (SSSR count). The van der Waals surface area contributed by atoms with Crippen LogP contribution in [0.15, 0.2) is 18.2 Å². The van der Waals surface area contributed by atoms with Crippen LogP contribution < -0.4 is 0 Å². The van der Waals surface area contributed by atoms with Crippen LogP contribution in [0, 0.1) is 5.82 Å². The summed E-state index contributed by atoms with van der Waals surface area (Å²) in [6.07, 6.45) is -2.76. The van der Waals surface area contributed by atoms with Crippen molar-refractivity contribution in [3.63, 3.8) is 0 Å². The Morgan fingerprint density at radius 3 is 2.72 bits per heavy atom. The van der Waals surface area contributed by atoms with Crippen molar-refractivity contribution in [1.82, 2.24) is 0 Å². The molecule has 1 aromatic rings. The van der Waals surface area contributed by atoms with Crippen molar-refractivity contribution in [3.05, 3.63) is 34.6 Å². The molecule has 0 unspecified atom stereocenters. The van der Waals surface area contributed by atoms with Crippen molar-refractivity contribution >= 4 is 17.4 Å². The van der Waals surface area contributed by atoms with E-state index in [2.05, 4.69) is 4.74 Å². The lowest BCUT2D eigenvalue weighted by atomic mass is 10.1. The summed E-state index contributed by atoms with van der Waals surface area (Å²) in [5, 5.41) is 0.178. The second-order valence-electron chi connectivity index (χ2n) is 3.63. The Bertz CT molecular complexity index is 390. The fourth-order valence-electron chi connectivity index (χ4n) is 1.35. The summed E-state index contributed by atoms with van der Waals surface area (Å²) >= 11 is 5.75. The van der Waals surface area contributed by atoms with Crippen LogP contribution in [0.4, 0.5) is 13.2 Å². The largest absolute Gasteiger partial charge is 0.375 e. The van der Waals surface area contributed by atoms with Crippen LogP contribution in [0.5, 0.6) is 0 Å². The molecule has 0 aliphatic heterocycles. The zero-order valence-electron chi connectivity index (χ0n) is 9.47. The average Bonchev–Trinajstić information content (AvgIpc) is 2.29.